The molecule has 3 rings (SSSR count). The van der Waals surface area contributed by atoms with Crippen molar-refractivity contribution in [2.24, 2.45) is 0 Å². The first-order valence-electron chi connectivity index (χ1n) is 14.8. The zero-order valence-corrected chi connectivity index (χ0v) is 26.3. The molecule has 0 bridgehead atoms. The Labute approximate surface area is 246 Å². The molecule has 2 unspecified atom stereocenters. The molecule has 2 aromatic rings. The van der Waals surface area contributed by atoms with Gasteiger partial charge < -0.3 is 14.8 Å². The number of Topliss-reactive ketones (excluding diaryl/α,β-unsaturated/α-hetero) is 1. The van der Waals surface area contributed by atoms with Crippen LogP contribution in [0.2, 0.25) is 0 Å². The van der Waals surface area contributed by atoms with Crippen LogP contribution in [0.1, 0.15) is 85.9 Å². The van der Waals surface area contributed by atoms with E-state index in [-0.39, 0.29) is 18.2 Å². The molecule has 8 nitrogen and oxygen atoms in total. The Morgan fingerprint density at radius 3 is 2.29 bits per heavy atom. The first kappa shape index (κ1) is 33.8. The van der Waals surface area contributed by atoms with Gasteiger partial charge in [0.05, 0.1) is 0 Å². The van der Waals surface area contributed by atoms with Crippen LogP contribution in [-0.2, 0) is 20.7 Å². The van der Waals surface area contributed by atoms with Gasteiger partial charge in [-0.3, -0.25) is 19.4 Å². The standard InChI is InChI=1S/C31H43N3O5.C2H6/c1-8-22(4)33(21(2)3)19-17-32-29(36)28-27-15-14-26(38-25-12-10-9-11-13-25)20-24(27)16-18-34(28)30(37)39-31(6,7)23(5)35;1-2/h9-15,20-22,28H,8,16-19H2,1-7H3,(H,32,36);1-2H3. The summed E-state index contributed by atoms with van der Waals surface area (Å²) in [5.41, 5.74) is 0.362. The number of benzene rings is 2. The molecule has 0 aliphatic carbocycles. The van der Waals surface area contributed by atoms with Crippen molar-refractivity contribution in [3.05, 3.63) is 59.7 Å². The summed E-state index contributed by atoms with van der Waals surface area (Å²) in [7, 11) is 0. The van der Waals surface area contributed by atoms with Gasteiger partial charge in [0.1, 0.15) is 17.5 Å². The van der Waals surface area contributed by atoms with Gasteiger partial charge in [-0.25, -0.2) is 4.79 Å². The lowest BCUT2D eigenvalue weighted by atomic mass is 9.92. The quantitative estimate of drug-likeness (QED) is 0.332. The third kappa shape index (κ3) is 9.05. The van der Waals surface area contributed by atoms with E-state index in [1.165, 1.54) is 11.8 Å². The second-order valence-electron chi connectivity index (χ2n) is 10.9. The van der Waals surface area contributed by atoms with Crippen LogP contribution >= 0.6 is 0 Å². The summed E-state index contributed by atoms with van der Waals surface area (Å²) in [6, 6.07) is 14.9. The van der Waals surface area contributed by atoms with Crippen molar-refractivity contribution in [3.8, 4) is 11.5 Å². The van der Waals surface area contributed by atoms with Crippen LogP contribution in [0.5, 0.6) is 11.5 Å². The van der Waals surface area contributed by atoms with E-state index in [9.17, 15) is 14.4 Å². The Morgan fingerprint density at radius 2 is 1.71 bits per heavy atom. The fourth-order valence-corrected chi connectivity index (χ4v) is 4.75. The molecule has 0 aromatic heterocycles. The first-order chi connectivity index (χ1) is 19.4. The third-order valence-electron chi connectivity index (χ3n) is 7.48. The molecule has 1 heterocycles. The summed E-state index contributed by atoms with van der Waals surface area (Å²) in [5, 5.41) is 3.05. The van der Waals surface area contributed by atoms with Crippen molar-refractivity contribution in [3.63, 3.8) is 0 Å². The van der Waals surface area contributed by atoms with Crippen LogP contribution in [-0.4, -0.2) is 64.9 Å². The summed E-state index contributed by atoms with van der Waals surface area (Å²) in [4.78, 5) is 42.8. The van der Waals surface area contributed by atoms with Crippen LogP contribution in [0.25, 0.3) is 0 Å². The van der Waals surface area contributed by atoms with Gasteiger partial charge in [0.2, 0.25) is 5.91 Å². The number of para-hydroxylation sites is 1. The minimum atomic E-state index is -1.29. The molecular formula is C33H49N3O5. The van der Waals surface area contributed by atoms with Gasteiger partial charge in [0.15, 0.2) is 11.4 Å². The molecule has 1 N–H and O–H groups in total. The van der Waals surface area contributed by atoms with E-state index in [1.54, 1.807) is 13.8 Å². The third-order valence-corrected chi connectivity index (χ3v) is 7.48. The average molecular weight is 568 g/mol. The number of carbonyl (C=O) groups excluding carboxylic acids is 3. The van der Waals surface area contributed by atoms with Crippen LogP contribution in [0.15, 0.2) is 48.5 Å². The molecule has 1 aliphatic heterocycles. The zero-order chi connectivity index (χ0) is 30.7. The highest BCUT2D eigenvalue weighted by atomic mass is 16.6. The molecule has 0 spiro atoms. The smallest absolute Gasteiger partial charge is 0.411 e. The first-order valence-corrected chi connectivity index (χ1v) is 14.8. The Morgan fingerprint density at radius 1 is 1.05 bits per heavy atom. The molecule has 41 heavy (non-hydrogen) atoms. The van der Waals surface area contributed by atoms with Gasteiger partial charge >= 0.3 is 6.09 Å². The summed E-state index contributed by atoms with van der Waals surface area (Å²) >= 11 is 0. The average Bonchev–Trinajstić information content (AvgIpc) is 2.95. The molecule has 0 saturated carbocycles. The highest BCUT2D eigenvalue weighted by molar-refractivity contribution is 5.90. The number of nitrogens with zero attached hydrogens (tertiary/aromatic N) is 2. The number of nitrogens with one attached hydrogen (secondary N) is 1. The fraction of sp³-hybridized carbons (Fsp3) is 0.545. The number of hydrogen-bond donors (Lipinski definition) is 1. The highest BCUT2D eigenvalue weighted by Crippen LogP contribution is 2.35. The summed E-state index contributed by atoms with van der Waals surface area (Å²) in [6.07, 6.45) is 0.853. The van der Waals surface area contributed by atoms with Gasteiger partial charge in [0, 0.05) is 31.7 Å². The van der Waals surface area contributed by atoms with E-state index in [0.29, 0.717) is 37.3 Å². The van der Waals surface area contributed by atoms with E-state index < -0.39 is 17.7 Å². The number of rotatable bonds is 11. The number of amides is 2. The Hall–Kier alpha value is -3.39. The number of ether oxygens (including phenoxy) is 2. The van der Waals surface area contributed by atoms with Gasteiger partial charge in [0.25, 0.3) is 0 Å². The van der Waals surface area contributed by atoms with E-state index in [4.69, 9.17) is 9.47 Å². The fourth-order valence-electron chi connectivity index (χ4n) is 4.75. The molecular weight excluding hydrogens is 518 g/mol. The normalized spacial score (nSPS) is 15.4. The van der Waals surface area contributed by atoms with Crippen LogP contribution < -0.4 is 10.1 Å². The van der Waals surface area contributed by atoms with E-state index in [1.807, 2.05) is 62.4 Å². The topological polar surface area (TPSA) is 88.2 Å². The van der Waals surface area contributed by atoms with Crippen LogP contribution in [0, 0.1) is 0 Å². The van der Waals surface area contributed by atoms with Crippen molar-refractivity contribution in [2.75, 3.05) is 19.6 Å². The van der Waals surface area contributed by atoms with E-state index in [2.05, 4.69) is 37.9 Å². The summed E-state index contributed by atoms with van der Waals surface area (Å²) < 4.78 is 11.6. The molecule has 226 valence electrons. The predicted molar refractivity (Wildman–Crippen MR) is 163 cm³/mol. The van der Waals surface area contributed by atoms with E-state index >= 15 is 0 Å². The second-order valence-corrected chi connectivity index (χ2v) is 10.9. The molecule has 2 atom stereocenters. The molecule has 2 aromatic carbocycles. The number of carbonyl (C=O) groups is 3. The Balaban J connectivity index is 0.00000287. The number of hydrogen-bond acceptors (Lipinski definition) is 6. The predicted octanol–water partition coefficient (Wildman–Crippen LogP) is 6.53. The lowest BCUT2D eigenvalue weighted by Gasteiger charge is -2.38. The maximum atomic E-state index is 13.7. The lowest BCUT2D eigenvalue weighted by molar-refractivity contribution is -0.134. The zero-order valence-electron chi connectivity index (χ0n) is 26.3. The summed E-state index contributed by atoms with van der Waals surface area (Å²) in [6.45, 7) is 18.6. The molecule has 1 aliphatic rings. The largest absolute Gasteiger partial charge is 0.457 e. The van der Waals surface area contributed by atoms with E-state index in [0.717, 1.165) is 23.3 Å². The monoisotopic (exact) mass is 567 g/mol. The molecule has 0 radical (unpaired) electrons. The molecule has 2 amide bonds. The van der Waals surface area contributed by atoms with Crippen molar-refractivity contribution >= 4 is 17.8 Å². The van der Waals surface area contributed by atoms with Crippen LogP contribution in [0.3, 0.4) is 0 Å². The van der Waals surface area contributed by atoms with Crippen molar-refractivity contribution in [1.82, 2.24) is 15.1 Å². The van der Waals surface area contributed by atoms with Gasteiger partial charge in [-0.2, -0.15) is 0 Å². The number of fused-ring (bicyclic) bond motifs is 1. The minimum absolute atomic E-state index is 0.268. The minimum Gasteiger partial charge on any atom is -0.457 e. The van der Waals surface area contributed by atoms with Gasteiger partial charge in [-0.05, 0) is 89.8 Å². The summed E-state index contributed by atoms with van der Waals surface area (Å²) in [5.74, 6) is 0.832. The Kier molecular flexibility index (Phi) is 12.8. The Bertz CT molecular complexity index is 1150. The van der Waals surface area contributed by atoms with Crippen molar-refractivity contribution in [1.29, 1.82) is 0 Å². The SMILES string of the molecule is CC.CCC(C)N(CCNC(=O)C1c2ccc(Oc3ccccc3)cc2CCN1C(=O)OC(C)(C)C(C)=O)C(C)C. The van der Waals surface area contributed by atoms with Crippen molar-refractivity contribution < 1.29 is 23.9 Å². The number of ketones is 1. The van der Waals surface area contributed by atoms with Gasteiger partial charge in [-0.1, -0.05) is 45.0 Å². The lowest BCUT2D eigenvalue weighted by Crippen LogP contribution is -2.51. The second kappa shape index (κ2) is 15.6. The maximum absolute atomic E-state index is 13.7. The maximum Gasteiger partial charge on any atom is 0.411 e. The van der Waals surface area contributed by atoms with Crippen molar-refractivity contribution in [2.45, 2.75) is 98.9 Å². The molecule has 0 saturated heterocycles. The highest BCUT2D eigenvalue weighted by Gasteiger charge is 2.40. The van der Waals surface area contributed by atoms with Crippen LogP contribution in [0.4, 0.5) is 4.79 Å². The molecule has 0 fully saturated rings. The molecule has 8 heteroatoms. The van der Waals surface area contributed by atoms with Gasteiger partial charge in [-0.15, -0.1) is 0 Å².